The van der Waals surface area contributed by atoms with E-state index in [4.69, 9.17) is 10.1 Å². The van der Waals surface area contributed by atoms with Crippen LogP contribution in [0.2, 0.25) is 0 Å². The standard InChI is InChI=1S/C26H28F3N3O2S/c1-16-12-19(15-25(2,3)14-16)32-22-10-4-17(5-11-23(33)34)13-21(22)31-24(32)30-18-6-8-20(9-7-18)35-26(27,28)29/h4-11,13,16,19H,12,14-15H2,1-3H3,(H,30,31)(H,33,34)/t16-,19+/m1/s1. The lowest BCUT2D eigenvalue weighted by Crippen LogP contribution is -2.29. The summed E-state index contributed by atoms with van der Waals surface area (Å²) in [5.41, 5.74) is -1.15. The summed E-state index contributed by atoms with van der Waals surface area (Å²) < 4.78 is 40.3. The van der Waals surface area contributed by atoms with Crippen LogP contribution in [-0.2, 0) is 4.79 Å². The van der Waals surface area contributed by atoms with E-state index < -0.39 is 11.5 Å². The third-order valence-electron chi connectivity index (χ3n) is 6.20. The Labute approximate surface area is 206 Å². The van der Waals surface area contributed by atoms with Gasteiger partial charge in [0.1, 0.15) is 0 Å². The SMILES string of the molecule is C[C@@H]1C[C@H](n2c(Nc3ccc(SC(F)(F)F)cc3)nc3cc(C=CC(=O)O)ccc32)CC(C)(C)C1. The molecule has 0 radical (unpaired) electrons. The molecule has 0 aliphatic heterocycles. The molecule has 0 amide bonds. The van der Waals surface area contributed by atoms with Gasteiger partial charge in [0, 0.05) is 22.7 Å². The van der Waals surface area contributed by atoms with Gasteiger partial charge in [-0.1, -0.05) is 26.8 Å². The summed E-state index contributed by atoms with van der Waals surface area (Å²) in [6.07, 6.45) is 5.71. The largest absolute Gasteiger partial charge is 0.478 e. The summed E-state index contributed by atoms with van der Waals surface area (Å²) in [6.45, 7) is 6.80. The van der Waals surface area contributed by atoms with Crippen LogP contribution in [0.15, 0.2) is 53.4 Å². The second kappa shape index (κ2) is 9.60. The Morgan fingerprint density at radius 1 is 1.20 bits per heavy atom. The monoisotopic (exact) mass is 503 g/mol. The first-order valence-corrected chi connectivity index (χ1v) is 12.3. The van der Waals surface area contributed by atoms with Crippen molar-refractivity contribution >= 4 is 46.5 Å². The predicted octanol–water partition coefficient (Wildman–Crippen LogP) is 7.88. The highest BCUT2D eigenvalue weighted by Crippen LogP contribution is 2.46. The molecule has 5 nitrogen and oxygen atoms in total. The number of hydrogen-bond acceptors (Lipinski definition) is 4. The zero-order valence-electron chi connectivity index (χ0n) is 19.8. The van der Waals surface area contributed by atoms with E-state index in [-0.39, 0.29) is 28.1 Å². The molecule has 1 aliphatic rings. The molecule has 2 aromatic carbocycles. The third kappa shape index (κ3) is 6.39. The van der Waals surface area contributed by atoms with Crippen LogP contribution in [0.5, 0.6) is 0 Å². The van der Waals surface area contributed by atoms with Crippen LogP contribution in [0, 0.1) is 11.3 Å². The number of halogens is 3. The molecule has 3 aromatic rings. The average Bonchev–Trinajstić information content (AvgIpc) is 3.08. The number of anilines is 2. The molecule has 2 atom stereocenters. The van der Waals surface area contributed by atoms with Gasteiger partial charge in [0.05, 0.1) is 11.0 Å². The zero-order chi connectivity index (χ0) is 25.4. The second-order valence-corrected chi connectivity index (χ2v) is 11.1. The lowest BCUT2D eigenvalue weighted by molar-refractivity contribution is -0.131. The van der Waals surface area contributed by atoms with Gasteiger partial charge in [0.2, 0.25) is 5.95 Å². The molecule has 0 saturated heterocycles. The number of fused-ring (bicyclic) bond motifs is 1. The molecule has 186 valence electrons. The summed E-state index contributed by atoms with van der Waals surface area (Å²) in [6, 6.07) is 12.0. The van der Waals surface area contributed by atoms with Gasteiger partial charge in [-0.3, -0.25) is 0 Å². The van der Waals surface area contributed by atoms with Gasteiger partial charge in [-0.05, 0) is 90.4 Å². The Kier molecular flexibility index (Phi) is 6.90. The van der Waals surface area contributed by atoms with Crippen LogP contribution in [0.4, 0.5) is 24.8 Å². The molecule has 0 bridgehead atoms. The van der Waals surface area contributed by atoms with Crippen LogP contribution < -0.4 is 5.32 Å². The number of carbonyl (C=O) groups is 1. The number of carboxylic acid groups (broad SMARTS) is 1. The fourth-order valence-corrected chi connectivity index (χ4v) is 5.75. The Morgan fingerprint density at radius 2 is 1.91 bits per heavy atom. The molecule has 0 spiro atoms. The van der Waals surface area contributed by atoms with Gasteiger partial charge < -0.3 is 15.0 Å². The number of thioether (sulfide) groups is 1. The molecular weight excluding hydrogens is 475 g/mol. The fourth-order valence-electron chi connectivity index (χ4n) is 5.21. The number of rotatable bonds is 6. The molecule has 1 fully saturated rings. The third-order valence-corrected chi connectivity index (χ3v) is 6.94. The minimum Gasteiger partial charge on any atom is -0.478 e. The topological polar surface area (TPSA) is 67.2 Å². The first-order chi connectivity index (χ1) is 16.4. The second-order valence-electron chi connectivity index (χ2n) is 9.99. The maximum atomic E-state index is 12.7. The van der Waals surface area contributed by atoms with Gasteiger partial charge in [-0.15, -0.1) is 0 Å². The summed E-state index contributed by atoms with van der Waals surface area (Å²) >= 11 is -0.143. The fraction of sp³-hybridized carbons (Fsp3) is 0.385. The molecule has 35 heavy (non-hydrogen) atoms. The van der Waals surface area contributed by atoms with Crippen molar-refractivity contribution < 1.29 is 23.1 Å². The van der Waals surface area contributed by atoms with Crippen LogP contribution >= 0.6 is 11.8 Å². The van der Waals surface area contributed by atoms with Crippen molar-refractivity contribution in [3.63, 3.8) is 0 Å². The van der Waals surface area contributed by atoms with Crippen molar-refractivity contribution in [3.8, 4) is 0 Å². The Hall–Kier alpha value is -2.94. The summed E-state index contributed by atoms with van der Waals surface area (Å²) in [5.74, 6) is 0.125. The van der Waals surface area contributed by atoms with E-state index in [1.807, 2.05) is 18.2 Å². The number of nitrogens with zero attached hydrogens (tertiary/aromatic N) is 2. The molecule has 1 aromatic heterocycles. The average molecular weight is 504 g/mol. The van der Waals surface area contributed by atoms with Gasteiger partial charge in [-0.25, -0.2) is 9.78 Å². The van der Waals surface area contributed by atoms with Crippen molar-refractivity contribution in [1.82, 2.24) is 9.55 Å². The number of carboxylic acids is 1. The van der Waals surface area contributed by atoms with Crippen molar-refractivity contribution in [2.75, 3.05) is 5.32 Å². The summed E-state index contributed by atoms with van der Waals surface area (Å²) in [7, 11) is 0. The Balaban J connectivity index is 1.73. The van der Waals surface area contributed by atoms with Crippen LogP contribution in [-0.4, -0.2) is 26.1 Å². The van der Waals surface area contributed by atoms with Gasteiger partial charge in [0.25, 0.3) is 0 Å². The molecule has 0 unspecified atom stereocenters. The smallest absolute Gasteiger partial charge is 0.446 e. The van der Waals surface area contributed by atoms with E-state index in [9.17, 15) is 18.0 Å². The van der Waals surface area contributed by atoms with Crippen LogP contribution in [0.25, 0.3) is 17.1 Å². The van der Waals surface area contributed by atoms with Crippen molar-refractivity contribution in [3.05, 3.63) is 54.1 Å². The highest BCUT2D eigenvalue weighted by molar-refractivity contribution is 8.00. The van der Waals surface area contributed by atoms with Crippen LogP contribution in [0.3, 0.4) is 0 Å². The number of imidazole rings is 1. The van der Waals surface area contributed by atoms with E-state index in [0.717, 1.165) is 41.9 Å². The number of alkyl halides is 3. The van der Waals surface area contributed by atoms with Crippen molar-refractivity contribution in [2.24, 2.45) is 11.3 Å². The zero-order valence-corrected chi connectivity index (χ0v) is 20.6. The molecule has 4 rings (SSSR count). The molecular formula is C26H28F3N3O2S. The minimum absolute atomic E-state index is 0.120. The first kappa shape index (κ1) is 25.2. The number of benzene rings is 2. The quantitative estimate of drug-likeness (QED) is 0.265. The number of nitrogens with one attached hydrogen (secondary N) is 1. The minimum atomic E-state index is -4.33. The predicted molar refractivity (Wildman–Crippen MR) is 134 cm³/mol. The highest BCUT2D eigenvalue weighted by Gasteiger charge is 2.34. The van der Waals surface area contributed by atoms with E-state index in [1.54, 1.807) is 12.1 Å². The Morgan fingerprint density at radius 3 is 2.54 bits per heavy atom. The number of aliphatic carboxylic acids is 1. The van der Waals surface area contributed by atoms with E-state index in [0.29, 0.717) is 17.6 Å². The van der Waals surface area contributed by atoms with Crippen molar-refractivity contribution in [2.45, 2.75) is 56.5 Å². The lowest BCUT2D eigenvalue weighted by atomic mass is 9.70. The van der Waals surface area contributed by atoms with Gasteiger partial charge in [-0.2, -0.15) is 13.2 Å². The molecule has 9 heteroatoms. The van der Waals surface area contributed by atoms with Gasteiger partial charge in [0.15, 0.2) is 0 Å². The first-order valence-electron chi connectivity index (χ1n) is 11.4. The molecule has 2 N–H and O–H groups in total. The number of aromatic nitrogens is 2. The normalized spacial score (nSPS) is 20.4. The number of hydrogen-bond donors (Lipinski definition) is 2. The maximum Gasteiger partial charge on any atom is 0.446 e. The Bertz CT molecular complexity index is 1250. The van der Waals surface area contributed by atoms with Crippen LogP contribution in [0.1, 0.15) is 51.6 Å². The summed E-state index contributed by atoms with van der Waals surface area (Å²) in [5, 5.41) is 12.3. The van der Waals surface area contributed by atoms with Crippen molar-refractivity contribution in [1.29, 1.82) is 0 Å². The van der Waals surface area contributed by atoms with E-state index in [2.05, 4.69) is 30.7 Å². The van der Waals surface area contributed by atoms with E-state index >= 15 is 0 Å². The van der Waals surface area contributed by atoms with E-state index in [1.165, 1.54) is 18.2 Å². The van der Waals surface area contributed by atoms with Gasteiger partial charge >= 0.3 is 11.5 Å². The maximum absolute atomic E-state index is 12.7. The molecule has 1 aliphatic carbocycles. The molecule has 1 saturated carbocycles. The highest BCUT2D eigenvalue weighted by atomic mass is 32.2. The lowest BCUT2D eigenvalue weighted by Gasteiger charge is -2.40. The molecule has 1 heterocycles. The summed E-state index contributed by atoms with van der Waals surface area (Å²) in [4.78, 5) is 15.8.